The van der Waals surface area contributed by atoms with E-state index in [4.69, 9.17) is 26.8 Å². The van der Waals surface area contributed by atoms with Crippen LogP contribution < -0.4 is 15.2 Å². The van der Waals surface area contributed by atoms with Crippen LogP contribution in [0.5, 0.6) is 11.5 Å². The summed E-state index contributed by atoms with van der Waals surface area (Å²) in [5, 5.41) is 0.466. The van der Waals surface area contributed by atoms with Gasteiger partial charge in [0, 0.05) is 28.3 Å². The number of halogens is 2. The highest BCUT2D eigenvalue weighted by atomic mass is 35.5. The Kier molecular flexibility index (Phi) is 5.04. The molecule has 5 heteroatoms. The minimum atomic E-state index is -0.357. The van der Waals surface area contributed by atoms with Crippen molar-refractivity contribution in [1.82, 2.24) is 0 Å². The van der Waals surface area contributed by atoms with Crippen LogP contribution in [0.2, 0.25) is 5.02 Å². The van der Waals surface area contributed by atoms with E-state index in [9.17, 15) is 4.39 Å². The lowest BCUT2D eigenvalue weighted by atomic mass is 10.1. The van der Waals surface area contributed by atoms with Gasteiger partial charge in [-0.3, -0.25) is 0 Å². The first-order chi connectivity index (χ1) is 10.0. The van der Waals surface area contributed by atoms with Crippen LogP contribution in [-0.4, -0.2) is 7.11 Å². The van der Waals surface area contributed by atoms with Crippen molar-refractivity contribution in [3.8, 4) is 11.5 Å². The van der Waals surface area contributed by atoms with Gasteiger partial charge in [-0.2, -0.15) is 0 Å². The average molecular weight is 310 g/mol. The van der Waals surface area contributed by atoms with E-state index in [1.165, 1.54) is 12.1 Å². The summed E-state index contributed by atoms with van der Waals surface area (Å²) in [4.78, 5) is 0. The summed E-state index contributed by atoms with van der Waals surface area (Å²) < 4.78 is 24.6. The second-order valence-electron chi connectivity index (χ2n) is 4.72. The molecule has 21 heavy (non-hydrogen) atoms. The molecule has 0 amide bonds. The van der Waals surface area contributed by atoms with Gasteiger partial charge < -0.3 is 15.2 Å². The zero-order chi connectivity index (χ0) is 15.4. The number of ether oxygens (including phenoxy) is 2. The predicted octanol–water partition coefficient (Wildman–Crippen LogP) is 4.09. The van der Waals surface area contributed by atoms with Gasteiger partial charge in [0.05, 0.1) is 7.11 Å². The van der Waals surface area contributed by atoms with Gasteiger partial charge in [0.1, 0.15) is 23.9 Å². The normalized spacial score (nSPS) is 12.0. The molecule has 2 aromatic rings. The maximum atomic E-state index is 13.7. The molecular weight excluding hydrogens is 293 g/mol. The van der Waals surface area contributed by atoms with Crippen molar-refractivity contribution in [2.45, 2.75) is 19.6 Å². The molecule has 0 aromatic heterocycles. The topological polar surface area (TPSA) is 44.5 Å². The molecule has 2 N–H and O–H groups in total. The Morgan fingerprint density at radius 2 is 2.00 bits per heavy atom. The first-order valence-electron chi connectivity index (χ1n) is 6.51. The van der Waals surface area contributed by atoms with Gasteiger partial charge in [-0.05, 0) is 31.2 Å². The van der Waals surface area contributed by atoms with Gasteiger partial charge in [0.2, 0.25) is 0 Å². The minimum absolute atomic E-state index is 0.0687. The molecule has 0 spiro atoms. The minimum Gasteiger partial charge on any atom is -0.497 e. The molecule has 2 aromatic carbocycles. The van der Waals surface area contributed by atoms with Gasteiger partial charge in [0.25, 0.3) is 0 Å². The summed E-state index contributed by atoms with van der Waals surface area (Å²) in [6.07, 6.45) is 0. The Bertz CT molecular complexity index is 632. The van der Waals surface area contributed by atoms with Crippen molar-refractivity contribution in [2.24, 2.45) is 5.73 Å². The first-order valence-corrected chi connectivity index (χ1v) is 6.89. The molecule has 1 atom stereocenters. The second-order valence-corrected chi connectivity index (χ2v) is 5.15. The fraction of sp³-hybridized carbons (Fsp3) is 0.250. The SMILES string of the molecule is COc1ccc([C@@H](C)N)c(OCc2cc(Cl)ccc2F)c1. The molecule has 112 valence electrons. The van der Waals surface area contributed by atoms with Crippen molar-refractivity contribution in [2.75, 3.05) is 7.11 Å². The first kappa shape index (κ1) is 15.6. The van der Waals surface area contributed by atoms with Crippen LogP contribution in [0.25, 0.3) is 0 Å². The Balaban J connectivity index is 2.24. The standard InChI is InChI=1S/C16H17ClFNO2/c1-10(19)14-5-4-13(20-2)8-16(14)21-9-11-7-12(17)3-6-15(11)18/h3-8,10H,9,19H2,1-2H3/t10-/m1/s1. The van der Waals surface area contributed by atoms with Crippen LogP contribution >= 0.6 is 11.6 Å². The smallest absolute Gasteiger partial charge is 0.129 e. The van der Waals surface area contributed by atoms with E-state index in [-0.39, 0.29) is 18.5 Å². The van der Waals surface area contributed by atoms with E-state index in [0.29, 0.717) is 22.1 Å². The second kappa shape index (κ2) is 6.78. The lowest BCUT2D eigenvalue weighted by molar-refractivity contribution is 0.293. The summed E-state index contributed by atoms with van der Waals surface area (Å²) >= 11 is 5.87. The number of rotatable bonds is 5. The summed E-state index contributed by atoms with van der Waals surface area (Å²) in [6, 6.07) is 9.55. The fourth-order valence-corrected chi connectivity index (χ4v) is 2.15. The van der Waals surface area contributed by atoms with E-state index >= 15 is 0 Å². The Labute approximate surface area is 128 Å². The van der Waals surface area contributed by atoms with Gasteiger partial charge in [0.15, 0.2) is 0 Å². The third-order valence-corrected chi connectivity index (χ3v) is 3.34. The van der Waals surface area contributed by atoms with Crippen molar-refractivity contribution >= 4 is 11.6 Å². The molecule has 0 fully saturated rings. The molecule has 0 bridgehead atoms. The van der Waals surface area contributed by atoms with Gasteiger partial charge >= 0.3 is 0 Å². The maximum absolute atomic E-state index is 13.7. The molecule has 0 aliphatic heterocycles. The monoisotopic (exact) mass is 309 g/mol. The van der Waals surface area contributed by atoms with Crippen molar-refractivity contribution in [1.29, 1.82) is 0 Å². The lowest BCUT2D eigenvalue weighted by Gasteiger charge is -2.15. The van der Waals surface area contributed by atoms with Crippen LogP contribution in [0, 0.1) is 5.82 Å². The van der Waals surface area contributed by atoms with Crippen LogP contribution in [0.3, 0.4) is 0 Å². The van der Waals surface area contributed by atoms with Gasteiger partial charge in [-0.15, -0.1) is 0 Å². The van der Waals surface area contributed by atoms with Crippen molar-refractivity contribution in [3.05, 3.63) is 58.4 Å². The fourth-order valence-electron chi connectivity index (χ4n) is 1.95. The van der Waals surface area contributed by atoms with E-state index in [0.717, 1.165) is 5.56 Å². The number of hydrogen-bond acceptors (Lipinski definition) is 3. The summed E-state index contributed by atoms with van der Waals surface area (Å²) in [5.74, 6) is 0.870. The van der Waals surface area contributed by atoms with Crippen molar-refractivity contribution in [3.63, 3.8) is 0 Å². The maximum Gasteiger partial charge on any atom is 0.129 e. The molecule has 0 heterocycles. The Morgan fingerprint density at radius 3 is 2.67 bits per heavy atom. The molecule has 2 rings (SSSR count). The van der Waals surface area contributed by atoms with Crippen LogP contribution in [-0.2, 0) is 6.61 Å². The van der Waals surface area contributed by atoms with Gasteiger partial charge in [-0.25, -0.2) is 4.39 Å². The zero-order valence-electron chi connectivity index (χ0n) is 11.9. The number of benzene rings is 2. The van der Waals surface area contributed by atoms with Crippen LogP contribution in [0.1, 0.15) is 24.1 Å². The molecule has 3 nitrogen and oxygen atoms in total. The molecule has 0 saturated heterocycles. The van der Waals surface area contributed by atoms with E-state index < -0.39 is 0 Å². The molecule has 0 saturated carbocycles. The summed E-state index contributed by atoms with van der Waals surface area (Å²) in [6.45, 7) is 1.92. The zero-order valence-corrected chi connectivity index (χ0v) is 12.7. The van der Waals surface area contributed by atoms with Crippen LogP contribution in [0.4, 0.5) is 4.39 Å². The van der Waals surface area contributed by atoms with E-state index in [1.807, 2.05) is 19.1 Å². The third kappa shape index (κ3) is 3.86. The summed E-state index contributed by atoms with van der Waals surface area (Å²) in [5.41, 5.74) is 7.13. The number of hydrogen-bond donors (Lipinski definition) is 1. The highest BCUT2D eigenvalue weighted by Crippen LogP contribution is 2.29. The van der Waals surface area contributed by atoms with E-state index in [2.05, 4.69) is 0 Å². The number of nitrogens with two attached hydrogens (primary N) is 1. The third-order valence-electron chi connectivity index (χ3n) is 3.10. The quantitative estimate of drug-likeness (QED) is 0.905. The molecule has 0 aliphatic carbocycles. The van der Waals surface area contributed by atoms with Crippen LogP contribution in [0.15, 0.2) is 36.4 Å². The molecule has 0 radical (unpaired) electrons. The highest BCUT2D eigenvalue weighted by molar-refractivity contribution is 6.30. The lowest BCUT2D eigenvalue weighted by Crippen LogP contribution is -2.08. The van der Waals surface area contributed by atoms with Gasteiger partial charge in [-0.1, -0.05) is 17.7 Å². The Morgan fingerprint density at radius 1 is 1.24 bits per heavy atom. The van der Waals surface area contributed by atoms with Crippen molar-refractivity contribution < 1.29 is 13.9 Å². The van der Waals surface area contributed by atoms with E-state index in [1.54, 1.807) is 19.2 Å². The highest BCUT2D eigenvalue weighted by Gasteiger charge is 2.11. The molecule has 0 unspecified atom stereocenters. The summed E-state index contributed by atoms with van der Waals surface area (Å²) in [7, 11) is 1.57. The molecular formula is C16H17ClFNO2. The largest absolute Gasteiger partial charge is 0.497 e. The average Bonchev–Trinajstić information content (AvgIpc) is 2.47. The number of methoxy groups -OCH3 is 1. The molecule has 0 aliphatic rings. The predicted molar refractivity (Wildman–Crippen MR) is 81.3 cm³/mol. The Hall–Kier alpha value is -1.78.